The molecule has 3 fully saturated rings. The lowest BCUT2D eigenvalue weighted by Crippen LogP contribution is -2.81. The second kappa shape index (κ2) is 23.6. The number of benzene rings is 5. The predicted molar refractivity (Wildman–Crippen MR) is 305 cm³/mol. The average Bonchev–Trinajstić information content (AvgIpc) is 1.15. The zero-order chi connectivity index (χ0) is 60.8. The number of carbonyl (C=O) groups excluding carboxylic acids is 8. The molecule has 442 valence electrons. The summed E-state index contributed by atoms with van der Waals surface area (Å²) in [5, 5.41) is 30.2. The first-order valence-corrected chi connectivity index (χ1v) is 28.0. The number of halogens is 1. The van der Waals surface area contributed by atoms with Crippen LogP contribution in [0.3, 0.4) is 0 Å². The minimum Gasteiger partial charge on any atom is -0.497 e. The van der Waals surface area contributed by atoms with Crippen molar-refractivity contribution in [2.45, 2.75) is 108 Å². The van der Waals surface area contributed by atoms with E-state index < -0.39 is 126 Å². The molecule has 2 heterocycles. The topological polar surface area (TPSA) is 259 Å². The van der Waals surface area contributed by atoms with Crippen LogP contribution in [0.2, 0.25) is 5.02 Å². The summed E-state index contributed by atoms with van der Waals surface area (Å²) in [5.41, 5.74) is -6.15. The van der Waals surface area contributed by atoms with E-state index in [1.165, 1.54) is 37.7 Å². The molecule has 6 aromatic rings. The smallest absolute Gasteiger partial charge is 0.350 e. The number of methoxy groups -OCH3 is 1. The molecule has 1 amide bonds. The van der Waals surface area contributed by atoms with Crippen LogP contribution in [0.4, 0.5) is 0 Å². The summed E-state index contributed by atoms with van der Waals surface area (Å²) in [6, 6.07) is 33.8. The summed E-state index contributed by atoms with van der Waals surface area (Å²) in [4.78, 5) is 115. The zero-order valence-corrected chi connectivity index (χ0v) is 48.1. The molecule has 1 aliphatic heterocycles. The van der Waals surface area contributed by atoms with Crippen molar-refractivity contribution in [1.29, 1.82) is 0 Å². The monoisotopic (exact) mass is 1180 g/mol. The zero-order valence-electron chi connectivity index (χ0n) is 47.4. The quantitative estimate of drug-likeness (QED) is 0.0328. The number of amides is 1. The van der Waals surface area contributed by atoms with Crippen LogP contribution < -0.4 is 10.1 Å². The molecule has 4 aliphatic rings. The molecule has 0 radical (unpaired) electrons. The van der Waals surface area contributed by atoms with Crippen molar-refractivity contribution in [3.8, 4) is 5.75 Å². The van der Waals surface area contributed by atoms with E-state index >= 15 is 14.4 Å². The molecule has 1 saturated heterocycles. The number of aldehydes is 1. The molecular formula is C65H63ClN2O17. The molecule has 2 bridgehead atoms. The van der Waals surface area contributed by atoms with Crippen LogP contribution in [0.1, 0.15) is 94.5 Å². The van der Waals surface area contributed by atoms with Gasteiger partial charge in [0.05, 0.1) is 48.8 Å². The van der Waals surface area contributed by atoms with E-state index in [4.69, 9.17) is 44.8 Å². The highest BCUT2D eigenvalue weighted by Gasteiger charge is 2.77. The van der Waals surface area contributed by atoms with Gasteiger partial charge in [-0.05, 0) is 110 Å². The number of aliphatic hydroxyl groups is 2. The predicted octanol–water partition coefficient (Wildman–Crippen LogP) is 7.41. The fraction of sp³-hybridized carbons (Fsp3) is 0.354. The van der Waals surface area contributed by atoms with Gasteiger partial charge in [-0.2, -0.15) is 0 Å². The number of fused-ring (bicyclic) bond motifs is 6. The third kappa shape index (κ3) is 10.4. The maximum absolute atomic E-state index is 15.8. The molecule has 10 rings (SSSR count). The Labute approximate surface area is 494 Å². The maximum Gasteiger partial charge on any atom is 0.350 e. The van der Waals surface area contributed by atoms with Crippen molar-refractivity contribution < 1.29 is 81.7 Å². The van der Waals surface area contributed by atoms with Crippen LogP contribution in [0.5, 0.6) is 5.75 Å². The molecule has 0 spiro atoms. The SMILES string of the molecule is COc1ccc2c(c1)c(CC(=O)O[C@@H](C(=O)O[C@H]1C[C@@]3(O)[C@@H](OC(=O)c4ccccc4)[C@@H]4[C@]5(OCC=O)CO[C@@H]5C[C@H](O)[C@@]4(C)C(=O)[C@H](OC=O)C(=C1C)C3(C)C)[C@@H](NC(=O)c1ccccc1)c1ccccc1)c(C)n2C(=O)c1ccc(Cl)cc1. The Hall–Kier alpha value is -8.33. The Morgan fingerprint density at radius 1 is 0.847 bits per heavy atom. The number of rotatable bonds is 18. The van der Waals surface area contributed by atoms with Crippen molar-refractivity contribution in [3.05, 3.63) is 183 Å². The van der Waals surface area contributed by atoms with E-state index in [1.807, 2.05) is 0 Å². The van der Waals surface area contributed by atoms with Crippen molar-refractivity contribution in [1.82, 2.24) is 9.88 Å². The Morgan fingerprint density at radius 3 is 2.11 bits per heavy atom. The second-order valence-electron chi connectivity index (χ2n) is 22.6. The number of aromatic nitrogens is 1. The number of ketones is 1. The number of carbonyl (C=O) groups is 8. The van der Waals surface area contributed by atoms with Crippen molar-refractivity contribution in [3.63, 3.8) is 0 Å². The number of Topliss-reactive ketones (excluding diaryl/α,β-unsaturated/α-hetero) is 1. The molecule has 20 heteroatoms. The number of aliphatic hydroxyl groups excluding tert-OH is 1. The van der Waals surface area contributed by atoms with Crippen LogP contribution in [0, 0.1) is 23.7 Å². The van der Waals surface area contributed by atoms with Gasteiger partial charge in [-0.25, -0.2) is 9.59 Å². The van der Waals surface area contributed by atoms with Gasteiger partial charge in [-0.3, -0.25) is 28.5 Å². The number of hydrogen-bond donors (Lipinski definition) is 3. The normalized spacial score (nSPS) is 26.3. The molecule has 1 aromatic heterocycles. The molecule has 0 unspecified atom stereocenters. The molecular weight excluding hydrogens is 1120 g/mol. The average molecular weight is 1180 g/mol. The second-order valence-corrected chi connectivity index (χ2v) is 23.0. The summed E-state index contributed by atoms with van der Waals surface area (Å²) in [5.74, 6) is -6.43. The van der Waals surface area contributed by atoms with Crippen molar-refractivity contribution >= 4 is 70.8 Å². The molecule has 85 heavy (non-hydrogen) atoms. The van der Waals surface area contributed by atoms with E-state index in [-0.39, 0.29) is 47.3 Å². The molecule has 2 saturated carbocycles. The fourth-order valence-corrected chi connectivity index (χ4v) is 13.4. The number of ether oxygens (including phenoxy) is 7. The van der Waals surface area contributed by atoms with Crippen molar-refractivity contribution in [2.75, 3.05) is 20.3 Å². The third-order valence-electron chi connectivity index (χ3n) is 17.9. The van der Waals surface area contributed by atoms with E-state index in [0.717, 1.165) is 0 Å². The third-order valence-corrected chi connectivity index (χ3v) is 18.1. The fourth-order valence-electron chi connectivity index (χ4n) is 13.3. The number of esters is 3. The lowest BCUT2D eigenvalue weighted by molar-refractivity contribution is -0.354. The lowest BCUT2D eigenvalue weighted by atomic mass is 9.44. The minimum absolute atomic E-state index is 0.0359. The Bertz CT molecular complexity index is 3630. The largest absolute Gasteiger partial charge is 0.497 e. The summed E-state index contributed by atoms with van der Waals surface area (Å²) >= 11 is 6.18. The van der Waals surface area contributed by atoms with Gasteiger partial charge in [0, 0.05) is 51.4 Å². The van der Waals surface area contributed by atoms with E-state index in [0.29, 0.717) is 44.8 Å². The highest BCUT2D eigenvalue weighted by molar-refractivity contribution is 6.30. The van der Waals surface area contributed by atoms with Crippen molar-refractivity contribution in [2.24, 2.45) is 16.7 Å². The van der Waals surface area contributed by atoms with Gasteiger partial charge in [0.1, 0.15) is 48.1 Å². The van der Waals surface area contributed by atoms with Crippen LogP contribution in [-0.4, -0.2) is 131 Å². The maximum atomic E-state index is 15.8. The van der Waals surface area contributed by atoms with E-state index in [2.05, 4.69) is 5.32 Å². The van der Waals surface area contributed by atoms with Gasteiger partial charge in [0.2, 0.25) is 6.10 Å². The van der Waals surface area contributed by atoms with Crippen LogP contribution in [-0.2, 0) is 58.8 Å². The van der Waals surface area contributed by atoms with Crippen LogP contribution in [0.25, 0.3) is 10.9 Å². The van der Waals surface area contributed by atoms with Gasteiger partial charge >= 0.3 is 17.9 Å². The van der Waals surface area contributed by atoms with Crippen LogP contribution >= 0.6 is 11.6 Å². The molecule has 11 atom stereocenters. The van der Waals surface area contributed by atoms with Gasteiger partial charge < -0.3 is 53.5 Å². The first kappa shape index (κ1) is 59.8. The summed E-state index contributed by atoms with van der Waals surface area (Å²) in [6.07, 6.45) is -11.0. The van der Waals surface area contributed by atoms with Gasteiger partial charge in [-0.15, -0.1) is 0 Å². The lowest BCUT2D eigenvalue weighted by Gasteiger charge is -2.67. The van der Waals surface area contributed by atoms with E-state index in [9.17, 15) is 34.2 Å². The Kier molecular flexibility index (Phi) is 16.6. The molecule has 3 aliphatic carbocycles. The Morgan fingerprint density at radius 2 is 1.49 bits per heavy atom. The van der Waals surface area contributed by atoms with Gasteiger partial charge in [0.15, 0.2) is 11.9 Å². The summed E-state index contributed by atoms with van der Waals surface area (Å²) in [6.45, 7) is 6.85. The highest BCUT2D eigenvalue weighted by Crippen LogP contribution is 2.64. The summed E-state index contributed by atoms with van der Waals surface area (Å²) < 4.78 is 44.5. The van der Waals surface area contributed by atoms with E-state index in [1.54, 1.807) is 142 Å². The number of nitrogens with one attached hydrogen (secondary N) is 1. The molecule has 3 N–H and O–H groups in total. The highest BCUT2D eigenvalue weighted by atomic mass is 35.5. The first-order valence-electron chi connectivity index (χ1n) is 27.6. The van der Waals surface area contributed by atoms with Crippen LogP contribution in [0.15, 0.2) is 145 Å². The Balaban J connectivity index is 1.11. The standard InChI is InChI=1S/C65H63ClN2O17/c1-36-47(33-65(78)57(85-60(76)41-20-14-9-15-21-41)55-63(5,56(73)53(81-35-70)51(36)62(65,3)4)48(71)32-49-64(55,34-80-49)82-29-28-69)83-61(77)54(52(38-16-10-7-11-17-38)67-58(74)39-18-12-8-13-19-39)84-50(72)31-44-37(2)68(46-27-26-43(79-6)30-45(44)46)59(75)40-22-24-42(66)25-23-40/h7-28,30,35,47-49,52-55,57,71,78H,29,31-34H2,1-6H3,(H,67,74)/t47-,48-,49+,52-,53+,54+,55-,57-,63+,64-,65+/m0/s1. The summed E-state index contributed by atoms with van der Waals surface area (Å²) in [7, 11) is 1.46. The number of hydrogen-bond acceptors (Lipinski definition) is 17. The number of nitrogens with zero attached hydrogens (tertiary/aromatic N) is 1. The molecule has 19 nitrogen and oxygen atoms in total. The minimum atomic E-state index is -2.49. The first-order chi connectivity index (χ1) is 40.6. The van der Waals surface area contributed by atoms with Gasteiger partial charge in [-0.1, -0.05) is 92.2 Å². The van der Waals surface area contributed by atoms with Gasteiger partial charge in [0.25, 0.3) is 18.3 Å². The molecule has 5 aromatic carbocycles.